The Bertz CT molecular complexity index is 312. The zero-order chi connectivity index (χ0) is 14.5. The zero-order valence-corrected chi connectivity index (χ0v) is 13.2. The Labute approximate surface area is 128 Å². The highest BCUT2D eigenvalue weighted by molar-refractivity contribution is 5.75. The molecule has 0 radical (unpaired) electrons. The number of ether oxygens (including phenoxy) is 1. The molecule has 21 heavy (non-hydrogen) atoms. The number of nitrogens with zero attached hydrogens (tertiary/aromatic N) is 1. The standard InChI is InChI=1S/C17H30N2O2/c20-17(18-14-11-12-21-13-14)19(15-7-3-1-4-8-15)16-9-5-2-6-10-16/h14-16H,1-13H2,(H,18,20). The summed E-state index contributed by atoms with van der Waals surface area (Å²) >= 11 is 0. The van der Waals surface area contributed by atoms with Gasteiger partial charge in [0, 0.05) is 18.7 Å². The van der Waals surface area contributed by atoms with Gasteiger partial charge in [0.05, 0.1) is 12.6 Å². The summed E-state index contributed by atoms with van der Waals surface area (Å²) in [5.74, 6) is 0. The van der Waals surface area contributed by atoms with Crippen LogP contribution in [0.5, 0.6) is 0 Å². The topological polar surface area (TPSA) is 41.6 Å². The van der Waals surface area contributed by atoms with E-state index in [1.807, 2.05) is 0 Å². The zero-order valence-electron chi connectivity index (χ0n) is 13.2. The maximum Gasteiger partial charge on any atom is 0.318 e. The number of nitrogens with one attached hydrogen (secondary N) is 1. The van der Waals surface area contributed by atoms with Crippen molar-refractivity contribution in [2.24, 2.45) is 0 Å². The Balaban J connectivity index is 1.65. The molecule has 1 unspecified atom stereocenters. The van der Waals surface area contributed by atoms with Gasteiger partial charge >= 0.3 is 6.03 Å². The van der Waals surface area contributed by atoms with Gasteiger partial charge in [0.1, 0.15) is 0 Å². The Morgan fingerprint density at radius 1 is 0.857 bits per heavy atom. The molecular weight excluding hydrogens is 264 g/mol. The summed E-state index contributed by atoms with van der Waals surface area (Å²) in [6.45, 7) is 1.48. The van der Waals surface area contributed by atoms with Crippen molar-refractivity contribution in [2.45, 2.75) is 88.8 Å². The second-order valence-corrected chi connectivity index (χ2v) is 7.00. The van der Waals surface area contributed by atoms with Gasteiger partial charge in [-0.15, -0.1) is 0 Å². The monoisotopic (exact) mass is 294 g/mol. The third-order valence-corrected chi connectivity index (χ3v) is 5.43. The summed E-state index contributed by atoms with van der Waals surface area (Å²) in [7, 11) is 0. The van der Waals surface area contributed by atoms with Crippen LogP contribution >= 0.6 is 0 Å². The molecule has 120 valence electrons. The van der Waals surface area contributed by atoms with E-state index in [2.05, 4.69) is 10.2 Å². The number of rotatable bonds is 3. The summed E-state index contributed by atoms with van der Waals surface area (Å²) in [6.07, 6.45) is 13.6. The predicted octanol–water partition coefficient (Wildman–Crippen LogP) is 3.45. The average molecular weight is 294 g/mol. The molecule has 2 amide bonds. The molecule has 0 aromatic carbocycles. The summed E-state index contributed by atoms with van der Waals surface area (Å²) in [6, 6.07) is 1.37. The minimum absolute atomic E-state index is 0.185. The van der Waals surface area contributed by atoms with E-state index in [1.165, 1.54) is 64.2 Å². The van der Waals surface area contributed by atoms with Gasteiger partial charge in [0.2, 0.25) is 0 Å². The van der Waals surface area contributed by atoms with Crippen LogP contribution in [0.25, 0.3) is 0 Å². The molecular formula is C17H30N2O2. The molecule has 2 saturated carbocycles. The van der Waals surface area contributed by atoms with Gasteiger partial charge in [-0.05, 0) is 32.1 Å². The molecule has 3 fully saturated rings. The number of urea groups is 1. The molecule has 0 bridgehead atoms. The summed E-state index contributed by atoms with van der Waals surface area (Å²) in [5.41, 5.74) is 0. The van der Waals surface area contributed by atoms with Crippen molar-refractivity contribution >= 4 is 6.03 Å². The van der Waals surface area contributed by atoms with Crippen LogP contribution in [0.3, 0.4) is 0 Å². The van der Waals surface area contributed by atoms with Gasteiger partial charge in [-0.1, -0.05) is 38.5 Å². The molecule has 1 heterocycles. The summed E-state index contributed by atoms with van der Waals surface area (Å²) < 4.78 is 5.40. The Hall–Kier alpha value is -0.770. The molecule has 0 aromatic heterocycles. The molecule has 1 N–H and O–H groups in total. The van der Waals surface area contributed by atoms with E-state index in [9.17, 15) is 4.79 Å². The first-order valence-electron chi connectivity index (χ1n) is 9.01. The van der Waals surface area contributed by atoms with Crippen molar-refractivity contribution in [3.63, 3.8) is 0 Å². The van der Waals surface area contributed by atoms with Gasteiger partial charge in [0.25, 0.3) is 0 Å². The van der Waals surface area contributed by atoms with Crippen LogP contribution in [0, 0.1) is 0 Å². The van der Waals surface area contributed by atoms with Crippen molar-refractivity contribution in [3.05, 3.63) is 0 Å². The third kappa shape index (κ3) is 3.91. The van der Waals surface area contributed by atoms with E-state index >= 15 is 0 Å². The van der Waals surface area contributed by atoms with Crippen LogP contribution in [0.1, 0.15) is 70.6 Å². The average Bonchev–Trinajstić information content (AvgIpc) is 3.02. The van der Waals surface area contributed by atoms with Gasteiger partial charge in [-0.3, -0.25) is 0 Å². The SMILES string of the molecule is O=C(NC1CCOC1)N(C1CCCCC1)C1CCCCC1. The Morgan fingerprint density at radius 3 is 1.90 bits per heavy atom. The van der Waals surface area contributed by atoms with Crippen molar-refractivity contribution in [3.8, 4) is 0 Å². The molecule has 1 atom stereocenters. The molecule has 0 spiro atoms. The maximum atomic E-state index is 12.9. The maximum absolute atomic E-state index is 12.9. The summed E-state index contributed by atoms with van der Waals surface area (Å²) in [4.78, 5) is 15.1. The third-order valence-electron chi connectivity index (χ3n) is 5.43. The fourth-order valence-corrected chi connectivity index (χ4v) is 4.25. The lowest BCUT2D eigenvalue weighted by atomic mass is 9.89. The van der Waals surface area contributed by atoms with Crippen molar-refractivity contribution in [1.82, 2.24) is 10.2 Å². The number of carbonyl (C=O) groups excluding carboxylic acids is 1. The number of hydrogen-bond donors (Lipinski definition) is 1. The van der Waals surface area contributed by atoms with E-state index in [0.717, 1.165) is 13.0 Å². The van der Waals surface area contributed by atoms with Gasteiger partial charge in [-0.2, -0.15) is 0 Å². The largest absolute Gasteiger partial charge is 0.379 e. The van der Waals surface area contributed by atoms with Gasteiger partial charge in [-0.25, -0.2) is 4.79 Å². The Kier molecular flexibility index (Phi) is 5.39. The smallest absolute Gasteiger partial charge is 0.318 e. The highest BCUT2D eigenvalue weighted by Gasteiger charge is 2.33. The van der Waals surface area contributed by atoms with E-state index in [-0.39, 0.29) is 12.1 Å². The van der Waals surface area contributed by atoms with Gasteiger partial charge in [0.15, 0.2) is 0 Å². The fraction of sp³-hybridized carbons (Fsp3) is 0.941. The van der Waals surface area contributed by atoms with Crippen molar-refractivity contribution in [1.29, 1.82) is 0 Å². The van der Waals surface area contributed by atoms with Crippen LogP contribution in [0.2, 0.25) is 0 Å². The van der Waals surface area contributed by atoms with Crippen LogP contribution in [-0.2, 0) is 4.74 Å². The molecule has 3 aliphatic rings. The molecule has 0 aromatic rings. The van der Waals surface area contributed by atoms with E-state index in [4.69, 9.17) is 4.74 Å². The second kappa shape index (κ2) is 7.48. The van der Waals surface area contributed by atoms with E-state index in [0.29, 0.717) is 18.7 Å². The predicted molar refractivity (Wildman–Crippen MR) is 83.3 cm³/mol. The number of amides is 2. The first-order valence-corrected chi connectivity index (χ1v) is 9.01. The molecule has 4 nitrogen and oxygen atoms in total. The lowest BCUT2D eigenvalue weighted by molar-refractivity contribution is 0.101. The van der Waals surface area contributed by atoms with E-state index < -0.39 is 0 Å². The minimum atomic E-state index is 0.185. The van der Waals surface area contributed by atoms with Crippen molar-refractivity contribution in [2.75, 3.05) is 13.2 Å². The van der Waals surface area contributed by atoms with Crippen LogP contribution in [0.4, 0.5) is 4.79 Å². The quantitative estimate of drug-likeness (QED) is 0.866. The van der Waals surface area contributed by atoms with Crippen molar-refractivity contribution < 1.29 is 9.53 Å². The lowest BCUT2D eigenvalue weighted by Crippen LogP contribution is -2.54. The second-order valence-electron chi connectivity index (χ2n) is 7.00. The highest BCUT2D eigenvalue weighted by atomic mass is 16.5. The normalized spacial score (nSPS) is 28.5. The first kappa shape index (κ1) is 15.1. The summed E-state index contributed by atoms with van der Waals surface area (Å²) in [5, 5.41) is 3.24. The van der Waals surface area contributed by atoms with Gasteiger partial charge < -0.3 is 15.0 Å². The first-order chi connectivity index (χ1) is 10.3. The molecule has 1 saturated heterocycles. The molecule has 4 heteroatoms. The fourth-order valence-electron chi connectivity index (χ4n) is 4.25. The molecule has 2 aliphatic carbocycles. The minimum Gasteiger partial charge on any atom is -0.379 e. The van der Waals surface area contributed by atoms with Crippen LogP contribution in [0.15, 0.2) is 0 Å². The lowest BCUT2D eigenvalue weighted by Gasteiger charge is -2.42. The molecule has 1 aliphatic heterocycles. The van der Waals surface area contributed by atoms with Crippen LogP contribution in [-0.4, -0.2) is 42.3 Å². The number of hydrogen-bond acceptors (Lipinski definition) is 2. The molecule has 3 rings (SSSR count). The van der Waals surface area contributed by atoms with E-state index in [1.54, 1.807) is 0 Å². The highest BCUT2D eigenvalue weighted by Crippen LogP contribution is 2.30. The number of carbonyl (C=O) groups is 1. The Morgan fingerprint density at radius 2 is 1.43 bits per heavy atom. The van der Waals surface area contributed by atoms with Crippen LogP contribution < -0.4 is 5.32 Å².